The molecular formula is C18H18N4O3. The van der Waals surface area contributed by atoms with Crippen molar-refractivity contribution in [3.63, 3.8) is 0 Å². The molecule has 0 fully saturated rings. The molecule has 0 saturated heterocycles. The number of aryl methyl sites for hydroxylation is 2. The van der Waals surface area contributed by atoms with Crippen LogP contribution >= 0.6 is 0 Å². The Kier molecular flexibility index (Phi) is 4.94. The molecule has 0 spiro atoms. The molecule has 3 aromatic rings. The highest BCUT2D eigenvalue weighted by molar-refractivity contribution is 6.02. The van der Waals surface area contributed by atoms with Crippen molar-refractivity contribution in [2.45, 2.75) is 12.8 Å². The lowest BCUT2D eigenvalue weighted by Gasteiger charge is -2.06. The number of pyridine rings is 1. The SMILES string of the molecule is COc1ccccc1CCc1cc(NC(=O)c2cc(=O)cc[nH]2)n[nH]1. The van der Waals surface area contributed by atoms with Gasteiger partial charge >= 0.3 is 0 Å². The fourth-order valence-electron chi connectivity index (χ4n) is 2.49. The summed E-state index contributed by atoms with van der Waals surface area (Å²) in [4.78, 5) is 26.1. The maximum Gasteiger partial charge on any atom is 0.273 e. The Balaban J connectivity index is 1.62. The number of rotatable bonds is 6. The Bertz CT molecular complexity index is 930. The molecule has 128 valence electrons. The van der Waals surface area contributed by atoms with Crippen molar-refractivity contribution >= 4 is 11.7 Å². The van der Waals surface area contributed by atoms with Crippen LogP contribution in [0.5, 0.6) is 5.75 Å². The predicted molar refractivity (Wildman–Crippen MR) is 94.0 cm³/mol. The third-order valence-corrected chi connectivity index (χ3v) is 3.75. The second-order valence-electron chi connectivity index (χ2n) is 5.48. The molecule has 3 N–H and O–H groups in total. The van der Waals surface area contributed by atoms with E-state index in [0.29, 0.717) is 5.82 Å². The highest BCUT2D eigenvalue weighted by Crippen LogP contribution is 2.19. The number of aromatic nitrogens is 3. The number of amides is 1. The van der Waals surface area contributed by atoms with Crippen molar-refractivity contribution in [2.75, 3.05) is 12.4 Å². The number of hydrogen-bond acceptors (Lipinski definition) is 4. The maximum atomic E-state index is 12.1. The molecule has 1 amide bonds. The van der Waals surface area contributed by atoms with Crippen molar-refractivity contribution in [2.24, 2.45) is 0 Å². The summed E-state index contributed by atoms with van der Waals surface area (Å²) in [6.07, 6.45) is 2.94. The highest BCUT2D eigenvalue weighted by Gasteiger charge is 2.10. The van der Waals surface area contributed by atoms with Gasteiger partial charge in [-0.05, 0) is 24.5 Å². The molecule has 0 radical (unpaired) electrons. The number of benzene rings is 1. The lowest BCUT2D eigenvalue weighted by Crippen LogP contribution is -2.16. The van der Waals surface area contributed by atoms with Gasteiger partial charge in [-0.1, -0.05) is 18.2 Å². The lowest BCUT2D eigenvalue weighted by atomic mass is 10.1. The van der Waals surface area contributed by atoms with Crippen LogP contribution in [0.2, 0.25) is 0 Å². The van der Waals surface area contributed by atoms with E-state index in [2.05, 4.69) is 20.5 Å². The number of hydrogen-bond donors (Lipinski definition) is 3. The summed E-state index contributed by atoms with van der Waals surface area (Å²) >= 11 is 0. The smallest absolute Gasteiger partial charge is 0.273 e. The van der Waals surface area contributed by atoms with Gasteiger partial charge in [-0.3, -0.25) is 14.7 Å². The molecule has 0 atom stereocenters. The molecule has 3 rings (SSSR count). The Morgan fingerprint density at radius 2 is 2.04 bits per heavy atom. The topological polar surface area (TPSA) is 99.9 Å². The summed E-state index contributed by atoms with van der Waals surface area (Å²) in [7, 11) is 1.65. The molecule has 0 aliphatic heterocycles. The molecule has 7 nitrogen and oxygen atoms in total. The summed E-state index contributed by atoms with van der Waals surface area (Å²) in [5.41, 5.74) is 1.95. The predicted octanol–water partition coefficient (Wildman–Crippen LogP) is 2.14. The quantitative estimate of drug-likeness (QED) is 0.641. The summed E-state index contributed by atoms with van der Waals surface area (Å²) in [5.74, 6) is 0.841. The van der Waals surface area contributed by atoms with Gasteiger partial charge in [0.1, 0.15) is 11.4 Å². The molecule has 0 saturated carbocycles. The zero-order valence-corrected chi connectivity index (χ0v) is 13.7. The van der Waals surface area contributed by atoms with Crippen molar-refractivity contribution in [3.8, 4) is 5.75 Å². The second-order valence-corrected chi connectivity index (χ2v) is 5.48. The molecular weight excluding hydrogens is 320 g/mol. The molecule has 1 aromatic carbocycles. The van der Waals surface area contributed by atoms with Gasteiger partial charge in [0.25, 0.3) is 5.91 Å². The minimum Gasteiger partial charge on any atom is -0.496 e. The molecule has 25 heavy (non-hydrogen) atoms. The first-order valence-electron chi connectivity index (χ1n) is 7.82. The average molecular weight is 338 g/mol. The van der Waals surface area contributed by atoms with Crippen molar-refractivity contribution < 1.29 is 9.53 Å². The van der Waals surface area contributed by atoms with Crippen LogP contribution in [0.4, 0.5) is 5.82 Å². The Morgan fingerprint density at radius 1 is 1.20 bits per heavy atom. The van der Waals surface area contributed by atoms with Crippen LogP contribution < -0.4 is 15.5 Å². The third-order valence-electron chi connectivity index (χ3n) is 3.75. The van der Waals surface area contributed by atoms with Crippen LogP contribution in [0.1, 0.15) is 21.7 Å². The number of carbonyl (C=O) groups excluding carboxylic acids is 1. The highest BCUT2D eigenvalue weighted by atomic mass is 16.5. The van der Waals surface area contributed by atoms with Gasteiger partial charge in [-0.25, -0.2) is 0 Å². The van der Waals surface area contributed by atoms with E-state index < -0.39 is 5.91 Å². The normalized spacial score (nSPS) is 10.4. The van der Waals surface area contributed by atoms with Crippen LogP contribution in [0.3, 0.4) is 0 Å². The van der Waals surface area contributed by atoms with E-state index >= 15 is 0 Å². The monoisotopic (exact) mass is 338 g/mol. The number of anilines is 1. The molecule has 0 aliphatic rings. The van der Waals surface area contributed by atoms with Crippen LogP contribution in [-0.2, 0) is 12.8 Å². The first kappa shape index (κ1) is 16.5. The fourth-order valence-corrected chi connectivity index (χ4v) is 2.49. The van der Waals surface area contributed by atoms with Crippen molar-refractivity contribution in [3.05, 3.63) is 75.8 Å². The van der Waals surface area contributed by atoms with Gasteiger partial charge in [0.15, 0.2) is 11.2 Å². The van der Waals surface area contributed by atoms with E-state index in [-0.39, 0.29) is 11.1 Å². The van der Waals surface area contributed by atoms with Crippen LogP contribution in [0, 0.1) is 0 Å². The van der Waals surface area contributed by atoms with Gasteiger partial charge < -0.3 is 15.0 Å². The lowest BCUT2D eigenvalue weighted by molar-refractivity contribution is 0.102. The second kappa shape index (κ2) is 7.48. The number of nitrogens with zero attached hydrogens (tertiary/aromatic N) is 1. The molecule has 2 heterocycles. The van der Waals surface area contributed by atoms with E-state index in [4.69, 9.17) is 4.74 Å². The number of methoxy groups -OCH3 is 1. The average Bonchev–Trinajstić information content (AvgIpc) is 3.07. The minimum absolute atomic E-state index is 0.186. The standard InChI is InChI=1S/C18H18N4O3/c1-25-16-5-3-2-4-12(16)6-7-13-10-17(22-21-13)20-18(24)15-11-14(23)8-9-19-15/h2-5,8-11H,6-7H2,1H3,(H,19,23)(H2,20,21,22,24). The number of H-pyrrole nitrogens is 2. The van der Waals surface area contributed by atoms with Gasteiger partial charge in [0.05, 0.1) is 7.11 Å². The summed E-state index contributed by atoms with van der Waals surface area (Å²) in [6.45, 7) is 0. The van der Waals surface area contributed by atoms with Gasteiger partial charge in [0.2, 0.25) is 0 Å². The van der Waals surface area contributed by atoms with Crippen LogP contribution in [0.25, 0.3) is 0 Å². The van der Waals surface area contributed by atoms with Crippen molar-refractivity contribution in [1.82, 2.24) is 15.2 Å². The van der Waals surface area contributed by atoms with Crippen LogP contribution in [0.15, 0.2) is 53.5 Å². The van der Waals surface area contributed by atoms with Gasteiger partial charge in [-0.2, -0.15) is 5.10 Å². The largest absolute Gasteiger partial charge is 0.496 e. The van der Waals surface area contributed by atoms with Gasteiger partial charge in [0, 0.05) is 30.1 Å². The molecule has 0 bridgehead atoms. The zero-order valence-electron chi connectivity index (χ0n) is 13.7. The van der Waals surface area contributed by atoms with Crippen LogP contribution in [-0.4, -0.2) is 28.2 Å². The molecule has 0 aliphatic carbocycles. The number of carbonyl (C=O) groups is 1. The Labute approximate surface area is 144 Å². The summed E-state index contributed by atoms with van der Waals surface area (Å²) in [5, 5.41) is 9.63. The van der Waals surface area contributed by atoms with Gasteiger partial charge in [-0.15, -0.1) is 0 Å². The van der Waals surface area contributed by atoms with E-state index in [1.165, 1.54) is 18.3 Å². The van der Waals surface area contributed by atoms with E-state index in [9.17, 15) is 9.59 Å². The number of ether oxygens (including phenoxy) is 1. The summed E-state index contributed by atoms with van der Waals surface area (Å²) < 4.78 is 5.34. The number of nitrogens with one attached hydrogen (secondary N) is 3. The maximum absolute atomic E-state index is 12.1. The molecule has 2 aromatic heterocycles. The van der Waals surface area contributed by atoms with E-state index in [0.717, 1.165) is 29.8 Å². The molecule has 7 heteroatoms. The Hall–Kier alpha value is -3.35. The fraction of sp³-hybridized carbons (Fsp3) is 0.167. The Morgan fingerprint density at radius 3 is 2.84 bits per heavy atom. The van der Waals surface area contributed by atoms with E-state index in [1.807, 2.05) is 24.3 Å². The number of aromatic amines is 2. The van der Waals surface area contributed by atoms with E-state index in [1.54, 1.807) is 13.2 Å². The third kappa shape index (κ3) is 4.14. The number of para-hydroxylation sites is 1. The first-order valence-corrected chi connectivity index (χ1v) is 7.82. The molecule has 0 unspecified atom stereocenters. The zero-order chi connectivity index (χ0) is 17.6. The first-order chi connectivity index (χ1) is 12.2. The minimum atomic E-state index is -0.416. The van der Waals surface area contributed by atoms with Crippen molar-refractivity contribution in [1.29, 1.82) is 0 Å². The summed E-state index contributed by atoms with van der Waals surface area (Å²) in [6, 6.07) is 12.2.